The minimum atomic E-state index is -0.0741. The molecule has 15 heavy (non-hydrogen) atoms. The summed E-state index contributed by atoms with van der Waals surface area (Å²) in [6, 6.07) is 0. The molecule has 0 aromatic carbocycles. The summed E-state index contributed by atoms with van der Waals surface area (Å²) in [4.78, 5) is 11.9. The molecule has 2 heterocycles. The number of hydrogen-bond donors (Lipinski definition) is 0. The lowest BCUT2D eigenvalue weighted by Crippen LogP contribution is -2.21. The SMILES string of the molecule is Cc1c(C2CC2)n(C)c(=O)c2oncc12. The van der Waals surface area contributed by atoms with E-state index in [0.29, 0.717) is 11.5 Å². The fourth-order valence-electron chi connectivity index (χ4n) is 2.25. The second-order valence-electron chi connectivity index (χ2n) is 4.22. The molecule has 0 amide bonds. The van der Waals surface area contributed by atoms with Crippen molar-refractivity contribution in [1.29, 1.82) is 0 Å². The largest absolute Gasteiger partial charge is 0.350 e. The Morgan fingerprint density at radius 2 is 2.27 bits per heavy atom. The van der Waals surface area contributed by atoms with E-state index in [1.807, 2.05) is 14.0 Å². The number of aryl methyl sites for hydroxylation is 1. The molecule has 0 atom stereocenters. The Balaban J connectivity index is 2.48. The van der Waals surface area contributed by atoms with Crippen LogP contribution in [0.5, 0.6) is 0 Å². The van der Waals surface area contributed by atoms with Crippen molar-refractivity contribution >= 4 is 11.0 Å². The maximum absolute atomic E-state index is 11.9. The van der Waals surface area contributed by atoms with Crippen molar-refractivity contribution in [3.05, 3.63) is 27.8 Å². The molecule has 1 aliphatic carbocycles. The van der Waals surface area contributed by atoms with Gasteiger partial charge in [-0.3, -0.25) is 4.79 Å². The number of fused-ring (bicyclic) bond motifs is 1. The second-order valence-corrected chi connectivity index (χ2v) is 4.22. The molecule has 0 aliphatic heterocycles. The van der Waals surface area contributed by atoms with Gasteiger partial charge in [0.05, 0.1) is 11.6 Å². The van der Waals surface area contributed by atoms with E-state index < -0.39 is 0 Å². The summed E-state index contributed by atoms with van der Waals surface area (Å²) >= 11 is 0. The quantitative estimate of drug-likeness (QED) is 0.710. The molecule has 78 valence electrons. The van der Waals surface area contributed by atoms with Crippen LogP contribution >= 0.6 is 0 Å². The lowest BCUT2D eigenvalue weighted by Gasteiger charge is -2.10. The number of rotatable bonds is 1. The van der Waals surface area contributed by atoms with Gasteiger partial charge in [0.2, 0.25) is 5.58 Å². The van der Waals surface area contributed by atoms with Gasteiger partial charge >= 0.3 is 0 Å². The predicted molar refractivity (Wildman–Crippen MR) is 56.0 cm³/mol. The van der Waals surface area contributed by atoms with Crippen LogP contribution < -0.4 is 5.56 Å². The van der Waals surface area contributed by atoms with E-state index in [0.717, 1.165) is 16.6 Å². The highest BCUT2D eigenvalue weighted by molar-refractivity contribution is 5.79. The summed E-state index contributed by atoms with van der Waals surface area (Å²) in [5.74, 6) is 0.557. The summed E-state index contributed by atoms with van der Waals surface area (Å²) in [5.41, 5.74) is 2.58. The molecular weight excluding hydrogens is 192 g/mol. The van der Waals surface area contributed by atoms with Crippen LogP contribution in [-0.2, 0) is 7.05 Å². The van der Waals surface area contributed by atoms with E-state index in [2.05, 4.69) is 5.16 Å². The second kappa shape index (κ2) is 2.72. The number of aromatic nitrogens is 2. The molecule has 1 fully saturated rings. The van der Waals surface area contributed by atoms with Crippen LogP contribution in [0, 0.1) is 6.92 Å². The molecular formula is C11H12N2O2. The van der Waals surface area contributed by atoms with E-state index in [-0.39, 0.29) is 5.56 Å². The Kier molecular flexibility index (Phi) is 1.58. The molecule has 0 saturated heterocycles. The first-order valence-electron chi connectivity index (χ1n) is 5.14. The van der Waals surface area contributed by atoms with Gasteiger partial charge in [-0.1, -0.05) is 5.16 Å². The van der Waals surface area contributed by atoms with Crippen LogP contribution in [0.15, 0.2) is 15.5 Å². The average molecular weight is 204 g/mol. The molecule has 2 aromatic rings. The maximum atomic E-state index is 11.9. The van der Waals surface area contributed by atoms with Crippen molar-refractivity contribution in [1.82, 2.24) is 9.72 Å². The highest BCUT2D eigenvalue weighted by Crippen LogP contribution is 2.41. The first-order chi connectivity index (χ1) is 7.20. The van der Waals surface area contributed by atoms with Gasteiger partial charge in [-0.2, -0.15) is 0 Å². The van der Waals surface area contributed by atoms with Crippen molar-refractivity contribution in [2.75, 3.05) is 0 Å². The third kappa shape index (κ3) is 1.07. The van der Waals surface area contributed by atoms with Crippen LogP contribution in [0.1, 0.15) is 30.0 Å². The first-order valence-corrected chi connectivity index (χ1v) is 5.14. The van der Waals surface area contributed by atoms with Crippen molar-refractivity contribution in [2.24, 2.45) is 7.05 Å². The van der Waals surface area contributed by atoms with E-state index in [1.165, 1.54) is 12.8 Å². The Morgan fingerprint density at radius 1 is 1.53 bits per heavy atom. The zero-order chi connectivity index (χ0) is 10.6. The minimum Gasteiger partial charge on any atom is -0.350 e. The van der Waals surface area contributed by atoms with Gasteiger partial charge in [0.15, 0.2) is 0 Å². The number of hydrogen-bond acceptors (Lipinski definition) is 3. The zero-order valence-corrected chi connectivity index (χ0v) is 8.78. The van der Waals surface area contributed by atoms with Gasteiger partial charge < -0.3 is 9.09 Å². The van der Waals surface area contributed by atoms with Crippen molar-refractivity contribution in [2.45, 2.75) is 25.7 Å². The highest BCUT2D eigenvalue weighted by Gasteiger charge is 2.29. The van der Waals surface area contributed by atoms with E-state index >= 15 is 0 Å². The Morgan fingerprint density at radius 3 is 2.93 bits per heavy atom. The third-order valence-electron chi connectivity index (χ3n) is 3.18. The van der Waals surface area contributed by atoms with Crippen molar-refractivity contribution < 1.29 is 4.52 Å². The number of nitrogens with zero attached hydrogens (tertiary/aromatic N) is 2. The molecule has 0 unspecified atom stereocenters. The van der Waals surface area contributed by atoms with E-state index in [4.69, 9.17) is 4.52 Å². The van der Waals surface area contributed by atoms with E-state index in [1.54, 1.807) is 10.8 Å². The molecule has 0 bridgehead atoms. The monoisotopic (exact) mass is 204 g/mol. The lowest BCUT2D eigenvalue weighted by atomic mass is 10.1. The van der Waals surface area contributed by atoms with Crippen molar-refractivity contribution in [3.63, 3.8) is 0 Å². The first kappa shape index (κ1) is 8.71. The molecule has 0 spiro atoms. The molecule has 1 aliphatic rings. The predicted octanol–water partition coefficient (Wildman–Crippen LogP) is 1.71. The summed E-state index contributed by atoms with van der Waals surface area (Å²) < 4.78 is 6.69. The summed E-state index contributed by atoms with van der Waals surface area (Å²) in [6.07, 6.45) is 4.01. The fraction of sp³-hybridized carbons (Fsp3) is 0.455. The van der Waals surface area contributed by atoms with Gasteiger partial charge in [0, 0.05) is 12.7 Å². The summed E-state index contributed by atoms with van der Waals surface area (Å²) in [7, 11) is 1.81. The molecule has 3 rings (SSSR count). The van der Waals surface area contributed by atoms with Crippen LogP contribution in [0.25, 0.3) is 11.0 Å². The molecule has 2 aromatic heterocycles. The number of pyridine rings is 1. The molecule has 1 saturated carbocycles. The smallest absolute Gasteiger partial charge is 0.297 e. The summed E-state index contributed by atoms with van der Waals surface area (Å²) in [5, 5.41) is 4.56. The zero-order valence-electron chi connectivity index (χ0n) is 8.78. The summed E-state index contributed by atoms with van der Waals surface area (Å²) in [6.45, 7) is 2.03. The Labute approximate surface area is 86.5 Å². The van der Waals surface area contributed by atoms with Gasteiger partial charge in [-0.25, -0.2) is 0 Å². The normalized spacial score (nSPS) is 16.1. The van der Waals surface area contributed by atoms with E-state index in [9.17, 15) is 4.79 Å². The molecule has 0 N–H and O–H groups in total. The molecule has 4 heteroatoms. The van der Waals surface area contributed by atoms with Crippen LogP contribution in [0.3, 0.4) is 0 Å². The van der Waals surface area contributed by atoms with Crippen LogP contribution in [0.2, 0.25) is 0 Å². The van der Waals surface area contributed by atoms with Gasteiger partial charge in [-0.05, 0) is 31.2 Å². The average Bonchev–Trinajstić information content (AvgIpc) is 2.92. The standard InChI is InChI=1S/C11H12N2O2/c1-6-8-5-12-15-10(8)11(14)13(2)9(6)7-3-4-7/h5,7H,3-4H2,1-2H3. The molecule has 4 nitrogen and oxygen atoms in total. The maximum Gasteiger partial charge on any atom is 0.297 e. The molecule has 0 radical (unpaired) electrons. The minimum absolute atomic E-state index is 0.0741. The topological polar surface area (TPSA) is 48.0 Å². The van der Waals surface area contributed by atoms with Crippen LogP contribution in [-0.4, -0.2) is 9.72 Å². The van der Waals surface area contributed by atoms with Gasteiger partial charge in [0.1, 0.15) is 0 Å². The Hall–Kier alpha value is -1.58. The lowest BCUT2D eigenvalue weighted by molar-refractivity contribution is 0.451. The highest BCUT2D eigenvalue weighted by atomic mass is 16.5. The van der Waals surface area contributed by atoms with Crippen LogP contribution in [0.4, 0.5) is 0 Å². The van der Waals surface area contributed by atoms with Gasteiger partial charge in [0.25, 0.3) is 5.56 Å². The van der Waals surface area contributed by atoms with Gasteiger partial charge in [-0.15, -0.1) is 0 Å². The Bertz CT molecular complexity index is 590. The van der Waals surface area contributed by atoms with Crippen molar-refractivity contribution in [3.8, 4) is 0 Å². The fourth-order valence-corrected chi connectivity index (χ4v) is 2.25. The third-order valence-corrected chi connectivity index (χ3v) is 3.18.